The Morgan fingerprint density at radius 2 is 2.14 bits per heavy atom. The van der Waals surface area contributed by atoms with Crippen LogP contribution in [0.5, 0.6) is 5.75 Å². The molecule has 3 rings (SSSR count). The highest BCUT2D eigenvalue weighted by Gasteiger charge is 2.29. The minimum atomic E-state index is 0.210. The third kappa shape index (κ3) is 2.70. The number of nitrogen functional groups attached to an aromatic ring is 1. The quantitative estimate of drug-likeness (QED) is 0.940. The molecule has 0 bridgehead atoms. The van der Waals surface area contributed by atoms with Gasteiger partial charge in [0.2, 0.25) is 5.95 Å². The largest absolute Gasteiger partial charge is 0.492 e. The van der Waals surface area contributed by atoms with Crippen molar-refractivity contribution in [3.05, 3.63) is 18.2 Å². The topological polar surface area (TPSA) is 62.3 Å². The Morgan fingerprint density at radius 1 is 1.38 bits per heavy atom. The van der Waals surface area contributed by atoms with Crippen LogP contribution in [0.1, 0.15) is 26.7 Å². The second-order valence-corrected chi connectivity index (χ2v) is 6.04. The summed E-state index contributed by atoms with van der Waals surface area (Å²) >= 11 is 0. The molecule has 114 valence electrons. The lowest BCUT2D eigenvalue weighted by atomic mass is 9.82. The fourth-order valence-electron chi connectivity index (χ4n) is 2.98. The van der Waals surface area contributed by atoms with Crippen LogP contribution in [0.4, 0.5) is 5.95 Å². The van der Waals surface area contributed by atoms with E-state index in [1.165, 1.54) is 0 Å². The molecule has 0 unspecified atom stereocenters. The molecule has 5 heteroatoms. The van der Waals surface area contributed by atoms with Crippen LogP contribution in [-0.4, -0.2) is 29.4 Å². The Bertz CT molecular complexity index is 630. The maximum absolute atomic E-state index is 6.16. The number of nitrogens with zero attached hydrogens (tertiary/aromatic N) is 2. The predicted octanol–water partition coefficient (Wildman–Crippen LogP) is 2.83. The van der Waals surface area contributed by atoms with Gasteiger partial charge in [0.15, 0.2) is 0 Å². The van der Waals surface area contributed by atoms with E-state index in [0.29, 0.717) is 12.6 Å². The highest BCUT2D eigenvalue weighted by molar-refractivity contribution is 5.84. The SMILES string of the molecule is CCOc1cccc2c1nc(N)n2CC1(C)CCOCC1. The van der Waals surface area contributed by atoms with E-state index in [1.807, 2.05) is 19.1 Å². The van der Waals surface area contributed by atoms with Gasteiger partial charge in [-0.25, -0.2) is 4.98 Å². The number of para-hydroxylation sites is 1. The van der Waals surface area contributed by atoms with Crippen molar-refractivity contribution in [1.82, 2.24) is 9.55 Å². The monoisotopic (exact) mass is 289 g/mol. The third-order valence-corrected chi connectivity index (χ3v) is 4.31. The number of hydrogen-bond acceptors (Lipinski definition) is 4. The summed E-state index contributed by atoms with van der Waals surface area (Å²) in [5.41, 5.74) is 8.27. The number of ether oxygens (including phenoxy) is 2. The van der Waals surface area contributed by atoms with Crippen molar-refractivity contribution in [3.8, 4) is 5.75 Å². The number of aromatic nitrogens is 2. The minimum Gasteiger partial charge on any atom is -0.492 e. The fraction of sp³-hybridized carbons (Fsp3) is 0.562. The smallest absolute Gasteiger partial charge is 0.201 e. The summed E-state index contributed by atoms with van der Waals surface area (Å²) in [7, 11) is 0. The molecule has 2 heterocycles. The van der Waals surface area contributed by atoms with Crippen LogP contribution in [-0.2, 0) is 11.3 Å². The van der Waals surface area contributed by atoms with Crippen molar-refractivity contribution >= 4 is 17.0 Å². The van der Waals surface area contributed by atoms with Gasteiger partial charge < -0.3 is 19.8 Å². The number of fused-ring (bicyclic) bond motifs is 1. The summed E-state index contributed by atoms with van der Waals surface area (Å²) in [5, 5.41) is 0. The Balaban J connectivity index is 1.98. The molecule has 5 nitrogen and oxygen atoms in total. The van der Waals surface area contributed by atoms with E-state index in [0.717, 1.165) is 49.4 Å². The van der Waals surface area contributed by atoms with E-state index >= 15 is 0 Å². The first-order valence-electron chi connectivity index (χ1n) is 7.58. The van der Waals surface area contributed by atoms with Gasteiger partial charge in [0.25, 0.3) is 0 Å². The Labute approximate surface area is 125 Å². The molecule has 1 aliphatic heterocycles. The Kier molecular flexibility index (Phi) is 3.76. The van der Waals surface area contributed by atoms with E-state index < -0.39 is 0 Å². The second-order valence-electron chi connectivity index (χ2n) is 6.04. The molecule has 1 fully saturated rings. The van der Waals surface area contributed by atoms with Gasteiger partial charge in [-0.05, 0) is 37.3 Å². The molecule has 1 aromatic heterocycles. The predicted molar refractivity (Wildman–Crippen MR) is 83.5 cm³/mol. The number of anilines is 1. The van der Waals surface area contributed by atoms with Crippen LogP contribution < -0.4 is 10.5 Å². The lowest BCUT2D eigenvalue weighted by Crippen LogP contribution is -2.31. The number of benzene rings is 1. The van der Waals surface area contributed by atoms with Crippen LogP contribution in [0.2, 0.25) is 0 Å². The van der Waals surface area contributed by atoms with Crippen LogP contribution in [0.3, 0.4) is 0 Å². The summed E-state index contributed by atoms with van der Waals surface area (Å²) in [6.45, 7) is 7.42. The molecule has 0 aliphatic carbocycles. The Morgan fingerprint density at radius 3 is 2.86 bits per heavy atom. The van der Waals surface area contributed by atoms with Crippen molar-refractivity contribution in [1.29, 1.82) is 0 Å². The highest BCUT2D eigenvalue weighted by Crippen LogP contribution is 2.35. The van der Waals surface area contributed by atoms with E-state index in [4.69, 9.17) is 15.2 Å². The molecule has 2 N–H and O–H groups in total. The first-order valence-corrected chi connectivity index (χ1v) is 7.58. The zero-order chi connectivity index (χ0) is 14.9. The molecule has 0 radical (unpaired) electrons. The van der Waals surface area contributed by atoms with E-state index in [-0.39, 0.29) is 5.41 Å². The van der Waals surface area contributed by atoms with Crippen molar-refractivity contribution in [3.63, 3.8) is 0 Å². The number of rotatable bonds is 4. The molecule has 2 aromatic rings. The van der Waals surface area contributed by atoms with E-state index in [2.05, 4.69) is 22.5 Å². The maximum atomic E-state index is 6.16. The molecule has 0 saturated carbocycles. The minimum absolute atomic E-state index is 0.210. The summed E-state index contributed by atoms with van der Waals surface area (Å²) in [5.74, 6) is 1.36. The average molecular weight is 289 g/mol. The lowest BCUT2D eigenvalue weighted by molar-refractivity contribution is 0.0163. The van der Waals surface area contributed by atoms with Crippen LogP contribution in [0, 0.1) is 5.41 Å². The molecule has 0 spiro atoms. The molecule has 1 aromatic carbocycles. The van der Waals surface area contributed by atoms with Gasteiger partial charge in [0.05, 0.1) is 12.1 Å². The summed E-state index contributed by atoms with van der Waals surface area (Å²) in [4.78, 5) is 4.51. The first kappa shape index (κ1) is 14.2. The van der Waals surface area contributed by atoms with Gasteiger partial charge in [-0.3, -0.25) is 0 Å². The van der Waals surface area contributed by atoms with Crippen molar-refractivity contribution in [2.75, 3.05) is 25.6 Å². The highest BCUT2D eigenvalue weighted by atomic mass is 16.5. The van der Waals surface area contributed by atoms with Crippen LogP contribution in [0.25, 0.3) is 11.0 Å². The molecular formula is C16H23N3O2. The van der Waals surface area contributed by atoms with Gasteiger partial charge in [0.1, 0.15) is 11.3 Å². The number of hydrogen-bond donors (Lipinski definition) is 1. The van der Waals surface area contributed by atoms with Gasteiger partial charge in [0, 0.05) is 19.8 Å². The van der Waals surface area contributed by atoms with Gasteiger partial charge >= 0.3 is 0 Å². The average Bonchev–Trinajstić information content (AvgIpc) is 2.77. The first-order chi connectivity index (χ1) is 10.1. The van der Waals surface area contributed by atoms with Gasteiger partial charge in [-0.1, -0.05) is 13.0 Å². The van der Waals surface area contributed by atoms with Crippen molar-refractivity contribution in [2.24, 2.45) is 5.41 Å². The zero-order valence-corrected chi connectivity index (χ0v) is 12.8. The molecule has 0 atom stereocenters. The molecule has 1 saturated heterocycles. The number of imidazole rings is 1. The standard InChI is InChI=1S/C16H23N3O2/c1-3-21-13-6-4-5-12-14(13)18-15(17)19(12)11-16(2)7-9-20-10-8-16/h4-6H,3,7-11H2,1-2H3,(H2,17,18). The molecular weight excluding hydrogens is 266 g/mol. The number of nitrogens with two attached hydrogens (primary N) is 1. The van der Waals surface area contributed by atoms with Gasteiger partial charge in [-0.15, -0.1) is 0 Å². The fourth-order valence-corrected chi connectivity index (χ4v) is 2.98. The zero-order valence-electron chi connectivity index (χ0n) is 12.8. The van der Waals surface area contributed by atoms with Crippen molar-refractivity contribution in [2.45, 2.75) is 33.2 Å². The Hall–Kier alpha value is -1.75. The normalized spacial score (nSPS) is 18.0. The van der Waals surface area contributed by atoms with Crippen LogP contribution >= 0.6 is 0 Å². The molecule has 21 heavy (non-hydrogen) atoms. The summed E-state index contributed by atoms with van der Waals surface area (Å²) in [6, 6.07) is 6.00. The lowest BCUT2D eigenvalue weighted by Gasteiger charge is -2.34. The maximum Gasteiger partial charge on any atom is 0.201 e. The summed E-state index contributed by atoms with van der Waals surface area (Å²) < 4.78 is 13.2. The van der Waals surface area contributed by atoms with E-state index in [9.17, 15) is 0 Å². The molecule has 1 aliphatic rings. The van der Waals surface area contributed by atoms with E-state index in [1.54, 1.807) is 0 Å². The van der Waals surface area contributed by atoms with Crippen LogP contribution in [0.15, 0.2) is 18.2 Å². The van der Waals surface area contributed by atoms with Gasteiger partial charge in [-0.2, -0.15) is 0 Å². The summed E-state index contributed by atoms with van der Waals surface area (Å²) in [6.07, 6.45) is 2.11. The second kappa shape index (κ2) is 5.56. The third-order valence-electron chi connectivity index (χ3n) is 4.31. The van der Waals surface area contributed by atoms with Crippen molar-refractivity contribution < 1.29 is 9.47 Å². The molecule has 0 amide bonds.